The van der Waals surface area contributed by atoms with Crippen LogP contribution >= 0.6 is 0 Å². The summed E-state index contributed by atoms with van der Waals surface area (Å²) in [5.74, 6) is 0. The van der Waals surface area contributed by atoms with E-state index in [-0.39, 0.29) is 0 Å². The Hall–Kier alpha value is -0.780. The fourth-order valence-electron chi connectivity index (χ4n) is 0.831. The van der Waals surface area contributed by atoms with Gasteiger partial charge in [-0.15, -0.1) is 0 Å². The topological polar surface area (TPSA) is 0 Å². The molecule has 0 radical (unpaired) electrons. The summed E-state index contributed by atoms with van der Waals surface area (Å²) < 4.78 is 0. The van der Waals surface area contributed by atoms with Crippen LogP contribution in [0.3, 0.4) is 0 Å². The Balaban J connectivity index is 2.90. The molecule has 0 bridgehead atoms. The summed E-state index contributed by atoms with van der Waals surface area (Å²) in [6.45, 7) is 4.28. The van der Waals surface area contributed by atoms with Crippen LogP contribution in [0.2, 0.25) is 0 Å². The molecule has 0 nitrogen and oxygen atoms in total. The number of rotatable bonds is 0. The van der Waals surface area contributed by atoms with Crippen LogP contribution in [0, 0.1) is 0 Å². The van der Waals surface area contributed by atoms with Crippen molar-refractivity contribution >= 4 is 0 Å². The van der Waals surface area contributed by atoms with Crippen LogP contribution in [0.4, 0.5) is 0 Å². The van der Waals surface area contributed by atoms with Gasteiger partial charge in [-0.2, -0.15) is 0 Å². The van der Waals surface area contributed by atoms with Crippen molar-refractivity contribution in [3.63, 3.8) is 0 Å². The van der Waals surface area contributed by atoms with Crippen LogP contribution in [0.15, 0.2) is 35.5 Å². The summed E-state index contributed by atoms with van der Waals surface area (Å²) in [7, 11) is 0. The SMILES string of the molecule is CC1=C(C)C=CCC=C1. The van der Waals surface area contributed by atoms with Crippen molar-refractivity contribution in [2.45, 2.75) is 20.3 Å². The van der Waals surface area contributed by atoms with Crippen LogP contribution < -0.4 is 0 Å². The van der Waals surface area contributed by atoms with Crippen LogP contribution in [0.25, 0.3) is 0 Å². The molecular formula is C9H12. The maximum atomic E-state index is 2.18. The van der Waals surface area contributed by atoms with E-state index in [9.17, 15) is 0 Å². The van der Waals surface area contributed by atoms with Crippen molar-refractivity contribution in [1.82, 2.24) is 0 Å². The Morgan fingerprint density at radius 3 is 1.89 bits per heavy atom. The molecule has 0 heteroatoms. The largest absolute Gasteiger partial charge is 0.0805 e. The van der Waals surface area contributed by atoms with E-state index >= 15 is 0 Å². The fourth-order valence-corrected chi connectivity index (χ4v) is 0.831. The normalized spacial score (nSPS) is 18.4. The first-order valence-electron chi connectivity index (χ1n) is 3.31. The Morgan fingerprint density at radius 2 is 1.44 bits per heavy atom. The number of hydrogen-bond donors (Lipinski definition) is 0. The van der Waals surface area contributed by atoms with Crippen molar-refractivity contribution in [3.05, 3.63) is 35.5 Å². The molecule has 0 amide bonds. The predicted molar refractivity (Wildman–Crippen MR) is 41.3 cm³/mol. The van der Waals surface area contributed by atoms with Gasteiger partial charge in [0.15, 0.2) is 0 Å². The summed E-state index contributed by atoms with van der Waals surface area (Å²) in [6, 6.07) is 0. The zero-order valence-corrected chi connectivity index (χ0v) is 6.02. The van der Waals surface area contributed by atoms with Crippen molar-refractivity contribution < 1.29 is 0 Å². The van der Waals surface area contributed by atoms with Crippen LogP contribution in [0.1, 0.15) is 20.3 Å². The molecule has 0 unspecified atom stereocenters. The minimum atomic E-state index is 1.08. The predicted octanol–water partition coefficient (Wildman–Crippen LogP) is 2.84. The van der Waals surface area contributed by atoms with E-state index in [1.807, 2.05) is 0 Å². The molecule has 1 aliphatic rings. The monoisotopic (exact) mass is 120 g/mol. The molecule has 0 aromatic carbocycles. The summed E-state index contributed by atoms with van der Waals surface area (Å²) in [5.41, 5.74) is 2.76. The number of hydrogen-bond acceptors (Lipinski definition) is 0. The minimum Gasteiger partial charge on any atom is -0.0805 e. The molecular weight excluding hydrogens is 108 g/mol. The lowest BCUT2D eigenvalue weighted by Gasteiger charge is -1.92. The molecule has 9 heavy (non-hydrogen) atoms. The average molecular weight is 120 g/mol. The third-order valence-electron chi connectivity index (χ3n) is 1.63. The quantitative estimate of drug-likeness (QED) is 0.461. The Kier molecular flexibility index (Phi) is 1.88. The molecule has 0 N–H and O–H groups in total. The van der Waals surface area contributed by atoms with Gasteiger partial charge in [0.1, 0.15) is 0 Å². The Labute approximate surface area is 56.6 Å². The maximum absolute atomic E-state index is 2.18. The highest BCUT2D eigenvalue weighted by Gasteiger charge is 1.89. The summed E-state index contributed by atoms with van der Waals surface area (Å²) in [6.07, 6.45) is 9.80. The van der Waals surface area contributed by atoms with Gasteiger partial charge >= 0.3 is 0 Å². The zero-order chi connectivity index (χ0) is 6.69. The van der Waals surface area contributed by atoms with Crippen molar-refractivity contribution in [2.24, 2.45) is 0 Å². The van der Waals surface area contributed by atoms with Gasteiger partial charge in [-0.3, -0.25) is 0 Å². The molecule has 0 fully saturated rings. The van der Waals surface area contributed by atoms with Crippen molar-refractivity contribution in [3.8, 4) is 0 Å². The van der Waals surface area contributed by atoms with E-state index in [1.54, 1.807) is 0 Å². The molecule has 1 rings (SSSR count). The van der Waals surface area contributed by atoms with Gasteiger partial charge in [-0.25, -0.2) is 0 Å². The molecule has 0 saturated carbocycles. The van der Waals surface area contributed by atoms with Gasteiger partial charge in [0.2, 0.25) is 0 Å². The van der Waals surface area contributed by atoms with Gasteiger partial charge in [-0.05, 0) is 31.4 Å². The third-order valence-corrected chi connectivity index (χ3v) is 1.63. The molecule has 1 aliphatic carbocycles. The second-order valence-corrected chi connectivity index (χ2v) is 2.41. The van der Waals surface area contributed by atoms with Gasteiger partial charge in [0, 0.05) is 0 Å². The minimum absolute atomic E-state index is 1.08. The maximum Gasteiger partial charge on any atom is -0.0163 e. The third kappa shape index (κ3) is 1.56. The lowest BCUT2D eigenvalue weighted by molar-refractivity contribution is 1.39. The van der Waals surface area contributed by atoms with E-state index in [0.29, 0.717) is 0 Å². The molecule has 0 atom stereocenters. The highest BCUT2D eigenvalue weighted by Crippen LogP contribution is 2.10. The van der Waals surface area contributed by atoms with Crippen LogP contribution in [0.5, 0.6) is 0 Å². The average Bonchev–Trinajstić information content (AvgIpc) is 1.99. The highest BCUT2D eigenvalue weighted by atomic mass is 14.0. The number of allylic oxidation sites excluding steroid dienone is 6. The molecule has 0 aliphatic heterocycles. The van der Waals surface area contributed by atoms with Crippen LogP contribution in [-0.4, -0.2) is 0 Å². The first-order valence-corrected chi connectivity index (χ1v) is 3.31. The van der Waals surface area contributed by atoms with Gasteiger partial charge in [-0.1, -0.05) is 24.3 Å². The van der Waals surface area contributed by atoms with E-state index in [1.165, 1.54) is 11.1 Å². The second-order valence-electron chi connectivity index (χ2n) is 2.41. The molecule has 0 aromatic heterocycles. The molecule has 48 valence electrons. The smallest absolute Gasteiger partial charge is 0.0163 e. The van der Waals surface area contributed by atoms with E-state index in [2.05, 4.69) is 38.2 Å². The molecule has 0 saturated heterocycles. The summed E-state index contributed by atoms with van der Waals surface area (Å²) >= 11 is 0. The van der Waals surface area contributed by atoms with Gasteiger partial charge < -0.3 is 0 Å². The molecule has 0 aromatic rings. The summed E-state index contributed by atoms with van der Waals surface area (Å²) in [4.78, 5) is 0. The fraction of sp³-hybridized carbons (Fsp3) is 0.333. The van der Waals surface area contributed by atoms with E-state index in [4.69, 9.17) is 0 Å². The van der Waals surface area contributed by atoms with Crippen LogP contribution in [-0.2, 0) is 0 Å². The van der Waals surface area contributed by atoms with E-state index < -0.39 is 0 Å². The van der Waals surface area contributed by atoms with Gasteiger partial charge in [0.05, 0.1) is 0 Å². The lowest BCUT2D eigenvalue weighted by atomic mass is 10.1. The first kappa shape index (κ1) is 6.34. The Bertz CT molecular complexity index is 160. The van der Waals surface area contributed by atoms with Crippen molar-refractivity contribution in [1.29, 1.82) is 0 Å². The second kappa shape index (κ2) is 2.67. The van der Waals surface area contributed by atoms with Gasteiger partial charge in [0.25, 0.3) is 0 Å². The molecule has 0 spiro atoms. The molecule has 0 heterocycles. The standard InChI is InChI=1S/C9H12/c1-8-6-4-3-5-7-9(8)2/h4-7H,3H2,1-2H3. The first-order chi connectivity index (χ1) is 4.30. The summed E-state index contributed by atoms with van der Waals surface area (Å²) in [5, 5.41) is 0. The zero-order valence-electron chi connectivity index (χ0n) is 6.02. The lowest BCUT2D eigenvalue weighted by Crippen LogP contribution is -1.71. The van der Waals surface area contributed by atoms with E-state index in [0.717, 1.165) is 6.42 Å². The highest BCUT2D eigenvalue weighted by molar-refractivity contribution is 5.32. The Morgan fingerprint density at radius 1 is 1.00 bits per heavy atom. The van der Waals surface area contributed by atoms with Crippen molar-refractivity contribution in [2.75, 3.05) is 0 Å².